The van der Waals surface area contributed by atoms with E-state index in [1.165, 1.54) is 6.08 Å². The summed E-state index contributed by atoms with van der Waals surface area (Å²) in [6.07, 6.45) is 3.19. The molecule has 0 spiro atoms. The minimum absolute atomic E-state index is 0.267. The number of nitrogens with zero attached hydrogens (tertiary/aromatic N) is 1. The van der Waals surface area contributed by atoms with Crippen molar-refractivity contribution in [3.63, 3.8) is 0 Å². The smallest absolute Gasteiger partial charge is 0.247 e. The number of amides is 1. The van der Waals surface area contributed by atoms with Gasteiger partial charge in [0.05, 0.1) is 18.5 Å². The largest absolute Gasteiger partial charge is 0.497 e. The Labute approximate surface area is 178 Å². The predicted octanol–water partition coefficient (Wildman–Crippen LogP) is 5.59. The molecule has 0 fully saturated rings. The van der Waals surface area contributed by atoms with E-state index in [2.05, 4.69) is 27.2 Å². The topological polar surface area (TPSA) is 79.0 Å². The van der Waals surface area contributed by atoms with Gasteiger partial charge in [-0.25, -0.2) is 4.98 Å². The molecule has 30 heavy (non-hydrogen) atoms. The molecule has 6 nitrogen and oxygen atoms in total. The number of fused-ring (bicyclic) bond motifs is 1. The van der Waals surface area contributed by atoms with E-state index in [0.29, 0.717) is 11.5 Å². The number of rotatable bonds is 7. The van der Waals surface area contributed by atoms with Crippen LogP contribution in [0.5, 0.6) is 5.75 Å². The number of aromatic nitrogens is 2. The number of pyridine rings is 1. The molecule has 3 N–H and O–H groups in total. The summed E-state index contributed by atoms with van der Waals surface area (Å²) < 4.78 is 5.30. The van der Waals surface area contributed by atoms with Crippen molar-refractivity contribution in [2.75, 3.05) is 17.7 Å². The lowest BCUT2D eigenvalue weighted by atomic mass is 10.2. The summed E-state index contributed by atoms with van der Waals surface area (Å²) in [5, 5.41) is 7.08. The van der Waals surface area contributed by atoms with Crippen LogP contribution < -0.4 is 15.4 Å². The van der Waals surface area contributed by atoms with Crippen LogP contribution in [0.25, 0.3) is 11.0 Å². The number of carbonyl (C=O) groups excluding carboxylic acids is 1. The quantitative estimate of drug-likeness (QED) is 0.342. The molecule has 2 heterocycles. The second-order valence-corrected chi connectivity index (χ2v) is 7.51. The van der Waals surface area contributed by atoms with Crippen LogP contribution in [0.15, 0.2) is 89.3 Å². The Balaban J connectivity index is 1.57. The lowest BCUT2D eigenvalue weighted by Gasteiger charge is -2.11. The van der Waals surface area contributed by atoms with Crippen molar-refractivity contribution in [1.82, 2.24) is 9.97 Å². The van der Waals surface area contributed by atoms with Crippen LogP contribution in [0.2, 0.25) is 0 Å². The predicted molar refractivity (Wildman–Crippen MR) is 122 cm³/mol. The monoisotopic (exact) mass is 416 g/mol. The van der Waals surface area contributed by atoms with E-state index in [1.807, 2.05) is 66.9 Å². The van der Waals surface area contributed by atoms with E-state index in [9.17, 15) is 4.79 Å². The second kappa shape index (κ2) is 8.75. The molecule has 0 saturated carbocycles. The van der Waals surface area contributed by atoms with Gasteiger partial charge in [-0.1, -0.05) is 36.5 Å². The van der Waals surface area contributed by atoms with Crippen molar-refractivity contribution in [3.05, 3.63) is 79.5 Å². The van der Waals surface area contributed by atoms with Crippen molar-refractivity contribution >= 4 is 45.9 Å². The Hall–Kier alpha value is -3.71. The zero-order valence-electron chi connectivity index (χ0n) is 16.3. The number of hydrogen-bond donors (Lipinski definition) is 3. The van der Waals surface area contributed by atoms with Crippen LogP contribution in [0.4, 0.5) is 17.2 Å². The number of methoxy groups -OCH3 is 1. The summed E-state index contributed by atoms with van der Waals surface area (Å²) in [7, 11) is 1.66. The van der Waals surface area contributed by atoms with Gasteiger partial charge in [-0.2, -0.15) is 0 Å². The van der Waals surface area contributed by atoms with Gasteiger partial charge in [0.2, 0.25) is 5.91 Å². The first-order valence-electron chi connectivity index (χ1n) is 9.26. The number of benzene rings is 2. The van der Waals surface area contributed by atoms with Crippen molar-refractivity contribution in [3.8, 4) is 5.75 Å². The van der Waals surface area contributed by atoms with E-state index in [-0.39, 0.29) is 5.91 Å². The van der Waals surface area contributed by atoms with E-state index in [4.69, 9.17) is 4.74 Å². The molecular weight excluding hydrogens is 396 g/mol. The summed E-state index contributed by atoms with van der Waals surface area (Å²) in [6, 6.07) is 19.3. The Bertz CT molecular complexity index is 1220. The minimum Gasteiger partial charge on any atom is -0.497 e. The molecule has 150 valence electrons. The van der Waals surface area contributed by atoms with Crippen LogP contribution in [0, 0.1) is 0 Å². The molecule has 0 unspecified atom stereocenters. The Morgan fingerprint density at radius 1 is 1.13 bits per heavy atom. The van der Waals surface area contributed by atoms with Gasteiger partial charge in [0.25, 0.3) is 0 Å². The maximum atomic E-state index is 11.7. The first-order chi connectivity index (χ1) is 14.7. The van der Waals surface area contributed by atoms with Crippen LogP contribution >= 0.6 is 11.8 Å². The highest BCUT2D eigenvalue weighted by molar-refractivity contribution is 7.99. The van der Waals surface area contributed by atoms with Crippen molar-refractivity contribution < 1.29 is 9.53 Å². The zero-order valence-corrected chi connectivity index (χ0v) is 17.1. The van der Waals surface area contributed by atoms with E-state index < -0.39 is 0 Å². The Morgan fingerprint density at radius 3 is 2.77 bits per heavy atom. The fourth-order valence-corrected chi connectivity index (χ4v) is 3.92. The average Bonchev–Trinajstić information content (AvgIpc) is 3.17. The highest BCUT2D eigenvalue weighted by atomic mass is 32.2. The van der Waals surface area contributed by atoms with Gasteiger partial charge >= 0.3 is 0 Å². The fraction of sp³-hybridized carbons (Fsp3) is 0.0435. The van der Waals surface area contributed by atoms with E-state index in [0.717, 1.165) is 32.3 Å². The number of aromatic amines is 1. The summed E-state index contributed by atoms with van der Waals surface area (Å²) in [5.41, 5.74) is 2.18. The SMILES string of the molecule is C=CC(=O)Nc1ccccc1Nc1ccc2c(Sc3cccc(OC)c3)c[nH]c2n1. The number of carbonyl (C=O) groups is 1. The molecule has 0 aliphatic carbocycles. The van der Waals surface area contributed by atoms with Crippen LogP contribution in [-0.4, -0.2) is 23.0 Å². The van der Waals surface area contributed by atoms with Gasteiger partial charge in [-0.3, -0.25) is 4.79 Å². The van der Waals surface area contributed by atoms with E-state index in [1.54, 1.807) is 18.9 Å². The molecule has 0 aliphatic heterocycles. The molecule has 2 aromatic heterocycles. The number of anilines is 3. The van der Waals surface area contributed by atoms with Crippen molar-refractivity contribution in [1.29, 1.82) is 0 Å². The first kappa shape index (κ1) is 19.6. The minimum atomic E-state index is -0.267. The van der Waals surface area contributed by atoms with Crippen molar-refractivity contribution in [2.45, 2.75) is 9.79 Å². The van der Waals surface area contributed by atoms with Gasteiger partial charge in [-0.15, -0.1) is 0 Å². The molecule has 0 saturated heterocycles. The molecule has 2 aromatic carbocycles. The lowest BCUT2D eigenvalue weighted by molar-refractivity contribution is -0.111. The maximum Gasteiger partial charge on any atom is 0.247 e. The average molecular weight is 417 g/mol. The van der Waals surface area contributed by atoms with Crippen LogP contribution in [-0.2, 0) is 4.79 Å². The molecule has 1 amide bonds. The number of para-hydroxylation sites is 2. The summed E-state index contributed by atoms with van der Waals surface area (Å²) in [5.74, 6) is 1.23. The lowest BCUT2D eigenvalue weighted by Crippen LogP contribution is -2.09. The van der Waals surface area contributed by atoms with Crippen LogP contribution in [0.1, 0.15) is 0 Å². The van der Waals surface area contributed by atoms with Gasteiger partial charge in [0.1, 0.15) is 17.2 Å². The Kier molecular flexibility index (Phi) is 5.72. The summed E-state index contributed by atoms with van der Waals surface area (Å²) in [4.78, 5) is 21.7. The Morgan fingerprint density at radius 2 is 1.97 bits per heavy atom. The standard InChI is InChI=1S/C23H20N4O2S/c1-3-22(28)26-19-10-5-4-9-18(19)25-21-12-11-17-20(14-24-23(17)27-21)30-16-8-6-7-15(13-16)29-2/h3-14H,1H2,2H3,(H,26,28)(H2,24,25,27). The molecule has 0 atom stereocenters. The van der Waals surface area contributed by atoms with E-state index >= 15 is 0 Å². The first-order valence-corrected chi connectivity index (χ1v) is 10.1. The van der Waals surface area contributed by atoms with Gasteiger partial charge in [-0.05, 0) is 48.5 Å². The van der Waals surface area contributed by atoms with Gasteiger partial charge < -0.3 is 20.4 Å². The van der Waals surface area contributed by atoms with Crippen LogP contribution in [0.3, 0.4) is 0 Å². The van der Waals surface area contributed by atoms with Gasteiger partial charge in [0.15, 0.2) is 0 Å². The third-order valence-electron chi connectivity index (χ3n) is 4.40. The second-order valence-electron chi connectivity index (χ2n) is 6.39. The summed E-state index contributed by atoms with van der Waals surface area (Å²) >= 11 is 1.65. The molecule has 4 rings (SSSR count). The number of nitrogens with one attached hydrogen (secondary N) is 3. The highest BCUT2D eigenvalue weighted by Gasteiger charge is 2.10. The molecular formula is C23H20N4O2S. The van der Waals surface area contributed by atoms with Gasteiger partial charge in [0, 0.05) is 21.4 Å². The number of hydrogen-bond acceptors (Lipinski definition) is 5. The molecule has 7 heteroatoms. The molecule has 4 aromatic rings. The number of ether oxygens (including phenoxy) is 1. The number of H-pyrrole nitrogens is 1. The normalized spacial score (nSPS) is 10.6. The molecule has 0 aliphatic rings. The third kappa shape index (κ3) is 4.31. The third-order valence-corrected chi connectivity index (χ3v) is 5.45. The molecule has 0 bridgehead atoms. The van der Waals surface area contributed by atoms with Crippen molar-refractivity contribution in [2.24, 2.45) is 0 Å². The zero-order chi connectivity index (χ0) is 20.9. The highest BCUT2D eigenvalue weighted by Crippen LogP contribution is 2.35. The summed E-state index contributed by atoms with van der Waals surface area (Å²) in [6.45, 7) is 3.49. The fourth-order valence-electron chi connectivity index (χ4n) is 2.95. The maximum absolute atomic E-state index is 11.7. The molecule has 0 radical (unpaired) electrons.